The molecule has 1 aromatic rings. The van der Waals surface area contributed by atoms with E-state index in [4.69, 9.17) is 10.5 Å². The Labute approximate surface area is 186 Å². The highest BCUT2D eigenvalue weighted by molar-refractivity contribution is 7.12. The topological polar surface area (TPSA) is 58.7 Å². The Bertz CT molecular complexity index is 587. The van der Waals surface area contributed by atoms with Gasteiger partial charge in [0, 0.05) is 34.7 Å². The molecular weight excluding hydrogens is 415 g/mol. The van der Waals surface area contributed by atoms with Gasteiger partial charge in [-0.25, -0.2) is 0 Å². The first-order chi connectivity index (χ1) is 12.7. The first-order valence-corrected chi connectivity index (χ1v) is 11.3. The first kappa shape index (κ1) is 24.4. The third-order valence-corrected chi connectivity index (χ3v) is 8.27. The van der Waals surface area contributed by atoms with Crippen LogP contribution in [0, 0.1) is 5.41 Å². The number of rotatable bonds is 6. The maximum atomic E-state index is 10.4. The van der Waals surface area contributed by atoms with Crippen LogP contribution in [0.1, 0.15) is 67.0 Å². The molecule has 7 heteroatoms. The molecule has 2 atom stereocenters. The zero-order valence-electron chi connectivity index (χ0n) is 16.7. The molecule has 0 radical (unpaired) electrons. The van der Waals surface area contributed by atoms with Gasteiger partial charge in [-0.2, -0.15) is 0 Å². The van der Waals surface area contributed by atoms with Crippen molar-refractivity contribution >= 4 is 36.2 Å². The maximum Gasteiger partial charge on any atom is 0.0682 e. The average molecular weight is 452 g/mol. The number of thiophene rings is 1. The monoisotopic (exact) mass is 450 g/mol. The fourth-order valence-electron chi connectivity index (χ4n) is 5.26. The number of likely N-dealkylation sites (tertiary alicyclic amines) is 1. The first-order valence-electron chi connectivity index (χ1n) is 10.5. The molecule has 2 saturated carbocycles. The molecule has 4 rings (SSSR count). The molecule has 1 saturated heterocycles. The molecule has 4 nitrogen and oxygen atoms in total. The van der Waals surface area contributed by atoms with Crippen molar-refractivity contribution in [2.45, 2.75) is 76.0 Å². The second kappa shape index (κ2) is 10.9. The van der Waals surface area contributed by atoms with E-state index in [0.29, 0.717) is 13.2 Å². The van der Waals surface area contributed by atoms with Gasteiger partial charge in [0.05, 0.1) is 18.8 Å². The molecule has 0 bridgehead atoms. The van der Waals surface area contributed by atoms with Gasteiger partial charge in [0.25, 0.3) is 0 Å². The molecule has 28 heavy (non-hydrogen) atoms. The Morgan fingerprint density at radius 3 is 2.50 bits per heavy atom. The molecule has 1 aromatic heterocycles. The molecular formula is C21H36Cl2N2O2S. The number of hydrogen-bond donors (Lipinski definition) is 2. The van der Waals surface area contributed by atoms with Gasteiger partial charge < -0.3 is 15.6 Å². The standard InChI is InChI=1S/C21H34N2O2S.2ClH/c22-10-13-25-20-14-19(24)21(20)8-11-23(12-9-21)15-17-6-7-18(26-17)16-4-2-1-3-5-16;;/h6-7,16,19-20,24H,1-5,8-15,22H2;2*1H/t19-,20+;;/m1../s1. The van der Waals surface area contributed by atoms with Crippen molar-refractivity contribution in [2.75, 3.05) is 26.2 Å². The van der Waals surface area contributed by atoms with Gasteiger partial charge in [0.2, 0.25) is 0 Å². The number of piperidine rings is 1. The Kier molecular flexibility index (Phi) is 9.53. The van der Waals surface area contributed by atoms with E-state index < -0.39 is 0 Å². The van der Waals surface area contributed by atoms with Crippen molar-refractivity contribution in [1.29, 1.82) is 0 Å². The molecule has 3 fully saturated rings. The lowest BCUT2D eigenvalue weighted by Crippen LogP contribution is -2.62. The zero-order chi connectivity index (χ0) is 18.0. The van der Waals surface area contributed by atoms with E-state index >= 15 is 0 Å². The van der Waals surface area contributed by atoms with Crippen LogP contribution in [0.5, 0.6) is 0 Å². The van der Waals surface area contributed by atoms with Crippen LogP contribution in [0.3, 0.4) is 0 Å². The molecule has 0 unspecified atom stereocenters. The average Bonchev–Trinajstić information content (AvgIpc) is 3.15. The van der Waals surface area contributed by atoms with E-state index in [9.17, 15) is 5.11 Å². The van der Waals surface area contributed by atoms with Crippen molar-refractivity contribution in [3.05, 3.63) is 21.9 Å². The van der Waals surface area contributed by atoms with E-state index in [2.05, 4.69) is 17.0 Å². The summed E-state index contributed by atoms with van der Waals surface area (Å²) in [4.78, 5) is 5.68. The number of nitrogens with two attached hydrogens (primary N) is 1. The molecule has 162 valence electrons. The van der Waals surface area contributed by atoms with Gasteiger partial charge in [0.15, 0.2) is 0 Å². The summed E-state index contributed by atoms with van der Waals surface area (Å²) in [5, 5.41) is 10.4. The van der Waals surface area contributed by atoms with E-state index in [1.807, 2.05) is 11.3 Å². The molecule has 3 aliphatic rings. The van der Waals surface area contributed by atoms with Crippen LogP contribution in [-0.4, -0.2) is 48.5 Å². The van der Waals surface area contributed by atoms with Crippen LogP contribution in [-0.2, 0) is 11.3 Å². The van der Waals surface area contributed by atoms with Crippen LogP contribution in [0.2, 0.25) is 0 Å². The summed E-state index contributed by atoms with van der Waals surface area (Å²) >= 11 is 2.04. The summed E-state index contributed by atoms with van der Waals surface area (Å²) in [5.41, 5.74) is 5.57. The van der Waals surface area contributed by atoms with E-state index in [1.165, 1.54) is 37.0 Å². The number of ether oxygens (including phenoxy) is 1. The molecule has 3 N–H and O–H groups in total. The molecule has 2 heterocycles. The molecule has 1 spiro atoms. The third-order valence-electron chi connectivity index (χ3n) is 7.04. The number of hydrogen-bond acceptors (Lipinski definition) is 5. The van der Waals surface area contributed by atoms with Crippen molar-refractivity contribution in [3.8, 4) is 0 Å². The predicted octanol–water partition coefficient (Wildman–Crippen LogP) is 4.33. The van der Waals surface area contributed by atoms with Crippen LogP contribution < -0.4 is 5.73 Å². The quantitative estimate of drug-likeness (QED) is 0.676. The van der Waals surface area contributed by atoms with Crippen molar-refractivity contribution in [1.82, 2.24) is 4.90 Å². The summed E-state index contributed by atoms with van der Waals surface area (Å²) in [6, 6.07) is 4.73. The third kappa shape index (κ3) is 5.05. The summed E-state index contributed by atoms with van der Waals surface area (Å²) in [5.74, 6) is 0.817. The zero-order valence-corrected chi connectivity index (χ0v) is 19.1. The largest absolute Gasteiger partial charge is 0.392 e. The van der Waals surface area contributed by atoms with Crippen LogP contribution in [0.15, 0.2) is 12.1 Å². The lowest BCUT2D eigenvalue weighted by atomic mass is 9.58. The fraction of sp³-hybridized carbons (Fsp3) is 0.810. The van der Waals surface area contributed by atoms with Crippen LogP contribution >= 0.6 is 36.2 Å². The summed E-state index contributed by atoms with van der Waals surface area (Å²) in [7, 11) is 0. The van der Waals surface area contributed by atoms with Crippen molar-refractivity contribution in [2.24, 2.45) is 11.1 Å². The van der Waals surface area contributed by atoms with Crippen LogP contribution in [0.25, 0.3) is 0 Å². The van der Waals surface area contributed by atoms with Gasteiger partial charge >= 0.3 is 0 Å². The lowest BCUT2D eigenvalue weighted by molar-refractivity contribution is -0.210. The van der Waals surface area contributed by atoms with Gasteiger partial charge in [-0.15, -0.1) is 36.2 Å². The summed E-state index contributed by atoms with van der Waals surface area (Å²) in [6.07, 6.45) is 9.90. The Morgan fingerprint density at radius 2 is 1.86 bits per heavy atom. The highest BCUT2D eigenvalue weighted by atomic mass is 35.5. The van der Waals surface area contributed by atoms with Crippen molar-refractivity contribution < 1.29 is 9.84 Å². The highest BCUT2D eigenvalue weighted by Gasteiger charge is 2.55. The smallest absolute Gasteiger partial charge is 0.0682 e. The molecule has 1 aliphatic heterocycles. The van der Waals surface area contributed by atoms with Gasteiger partial charge in [-0.1, -0.05) is 19.3 Å². The van der Waals surface area contributed by atoms with Gasteiger partial charge in [-0.3, -0.25) is 4.90 Å². The van der Waals surface area contributed by atoms with E-state index in [0.717, 1.165) is 44.8 Å². The number of nitrogens with zero attached hydrogens (tertiary/aromatic N) is 1. The summed E-state index contributed by atoms with van der Waals surface area (Å²) < 4.78 is 5.91. The second-order valence-electron chi connectivity index (χ2n) is 8.55. The second-order valence-corrected chi connectivity index (χ2v) is 9.75. The normalized spacial score (nSPS) is 27.6. The number of halogens is 2. The minimum Gasteiger partial charge on any atom is -0.392 e. The lowest BCUT2D eigenvalue weighted by Gasteiger charge is -2.56. The Morgan fingerprint density at radius 1 is 1.14 bits per heavy atom. The van der Waals surface area contributed by atoms with E-state index in [-0.39, 0.29) is 42.4 Å². The van der Waals surface area contributed by atoms with E-state index in [1.54, 1.807) is 4.88 Å². The predicted molar refractivity (Wildman–Crippen MR) is 121 cm³/mol. The molecule has 0 aromatic carbocycles. The minimum absolute atomic E-state index is 0. The van der Waals surface area contributed by atoms with Crippen LogP contribution in [0.4, 0.5) is 0 Å². The summed E-state index contributed by atoms with van der Waals surface area (Å²) in [6.45, 7) is 4.38. The highest BCUT2D eigenvalue weighted by Crippen LogP contribution is 2.51. The minimum atomic E-state index is -0.188. The van der Waals surface area contributed by atoms with Crippen molar-refractivity contribution in [3.63, 3.8) is 0 Å². The Balaban J connectivity index is 0.00000140. The maximum absolute atomic E-state index is 10.4. The van der Waals surface area contributed by atoms with Gasteiger partial charge in [-0.05, 0) is 56.8 Å². The number of aliphatic hydroxyl groups excluding tert-OH is 1. The fourth-order valence-corrected chi connectivity index (χ4v) is 6.48. The molecule has 2 aliphatic carbocycles. The SMILES string of the molecule is Cl.Cl.NCCO[C@H]1C[C@@H](O)C12CCN(Cc1ccc(C3CCCCC3)s1)CC2. The molecule has 0 amide bonds. The number of aliphatic hydroxyl groups is 1. The van der Waals surface area contributed by atoms with Gasteiger partial charge in [0.1, 0.15) is 0 Å². The Hall–Kier alpha value is 0.120.